The number of ether oxygens (including phenoxy) is 1. The fourth-order valence-electron chi connectivity index (χ4n) is 1.55. The largest absolute Gasteiger partial charge is 0.379 e. The predicted octanol–water partition coefficient (Wildman–Crippen LogP) is 2.62. The van der Waals surface area contributed by atoms with Gasteiger partial charge in [0.05, 0.1) is 17.7 Å². The molecule has 1 aromatic carbocycles. The fraction of sp³-hybridized carbons (Fsp3) is 0.364. The highest BCUT2D eigenvalue weighted by molar-refractivity contribution is 9.10. The molecule has 1 saturated heterocycles. The summed E-state index contributed by atoms with van der Waals surface area (Å²) in [4.78, 5) is 11.8. The Bertz CT molecular complexity index is 405. The van der Waals surface area contributed by atoms with Crippen LogP contribution in [-0.2, 0) is 4.74 Å². The van der Waals surface area contributed by atoms with E-state index in [0.29, 0.717) is 23.8 Å². The van der Waals surface area contributed by atoms with Crippen LogP contribution in [0.3, 0.4) is 0 Å². The number of carbonyl (C=O) groups is 1. The third kappa shape index (κ3) is 2.75. The first-order chi connectivity index (χ1) is 7.66. The second-order valence-electron chi connectivity index (χ2n) is 3.66. The zero-order valence-corrected chi connectivity index (χ0v) is 10.8. The molecule has 1 unspecified atom stereocenters. The Morgan fingerprint density at radius 2 is 2.38 bits per heavy atom. The zero-order valence-electron chi connectivity index (χ0n) is 8.50. The molecule has 0 saturated carbocycles. The highest BCUT2D eigenvalue weighted by atomic mass is 79.9. The summed E-state index contributed by atoms with van der Waals surface area (Å²) in [6, 6.07) is 5.27. The lowest BCUT2D eigenvalue weighted by Crippen LogP contribution is -2.34. The third-order valence-electron chi connectivity index (χ3n) is 2.45. The first kappa shape index (κ1) is 11.9. The first-order valence-corrected chi connectivity index (χ1v) is 6.17. The Balaban J connectivity index is 2.05. The molecule has 1 aliphatic heterocycles. The number of hydrogen-bond acceptors (Lipinski definition) is 2. The van der Waals surface area contributed by atoms with Crippen molar-refractivity contribution < 1.29 is 9.53 Å². The van der Waals surface area contributed by atoms with Gasteiger partial charge in [-0.25, -0.2) is 0 Å². The molecule has 86 valence electrons. The minimum Gasteiger partial charge on any atom is -0.379 e. The summed E-state index contributed by atoms with van der Waals surface area (Å²) in [5, 5.41) is 3.44. The van der Waals surface area contributed by atoms with Gasteiger partial charge in [-0.15, -0.1) is 0 Å². The van der Waals surface area contributed by atoms with Crippen molar-refractivity contribution in [3.63, 3.8) is 0 Å². The molecule has 1 N–H and O–H groups in total. The topological polar surface area (TPSA) is 38.3 Å². The molecule has 0 aromatic heterocycles. The van der Waals surface area contributed by atoms with Gasteiger partial charge in [0.1, 0.15) is 0 Å². The van der Waals surface area contributed by atoms with Gasteiger partial charge in [-0.3, -0.25) is 4.79 Å². The molecule has 2 rings (SSSR count). The van der Waals surface area contributed by atoms with E-state index in [9.17, 15) is 4.79 Å². The smallest absolute Gasteiger partial charge is 0.251 e. The number of benzene rings is 1. The molecule has 3 nitrogen and oxygen atoms in total. The monoisotopic (exact) mass is 303 g/mol. The maximum atomic E-state index is 11.8. The molecule has 0 bridgehead atoms. The lowest BCUT2D eigenvalue weighted by molar-refractivity contribution is 0.0930. The van der Waals surface area contributed by atoms with E-state index in [1.54, 1.807) is 18.2 Å². The van der Waals surface area contributed by atoms with E-state index < -0.39 is 0 Å². The molecule has 16 heavy (non-hydrogen) atoms. The number of amides is 1. The lowest BCUT2D eigenvalue weighted by Gasteiger charge is -2.10. The number of nitrogens with one attached hydrogen (secondary N) is 1. The Morgan fingerprint density at radius 1 is 1.56 bits per heavy atom. The Kier molecular flexibility index (Phi) is 3.84. The number of rotatable bonds is 2. The van der Waals surface area contributed by atoms with Crippen molar-refractivity contribution in [2.24, 2.45) is 0 Å². The summed E-state index contributed by atoms with van der Waals surface area (Å²) < 4.78 is 5.98. The molecule has 1 aliphatic rings. The highest BCUT2D eigenvalue weighted by Crippen LogP contribution is 2.23. The van der Waals surface area contributed by atoms with Crippen LogP contribution in [0.25, 0.3) is 0 Å². The van der Waals surface area contributed by atoms with Crippen molar-refractivity contribution in [2.45, 2.75) is 12.5 Å². The van der Waals surface area contributed by atoms with E-state index in [1.165, 1.54) is 0 Å². The summed E-state index contributed by atoms with van der Waals surface area (Å²) in [5.41, 5.74) is 0.570. The summed E-state index contributed by atoms with van der Waals surface area (Å²) in [7, 11) is 0. The second kappa shape index (κ2) is 5.17. The number of halogens is 2. The molecular formula is C11H11BrClNO2. The van der Waals surface area contributed by atoms with Crippen LogP contribution in [0.15, 0.2) is 22.7 Å². The van der Waals surface area contributed by atoms with Gasteiger partial charge in [0.15, 0.2) is 0 Å². The minimum absolute atomic E-state index is 0.107. The third-order valence-corrected chi connectivity index (χ3v) is 3.68. The molecule has 1 heterocycles. The second-order valence-corrected chi connectivity index (χ2v) is 4.92. The van der Waals surface area contributed by atoms with Gasteiger partial charge in [-0.2, -0.15) is 0 Å². The molecule has 0 radical (unpaired) electrons. The van der Waals surface area contributed by atoms with E-state index in [1.807, 2.05) is 0 Å². The summed E-state index contributed by atoms with van der Waals surface area (Å²) in [6.07, 6.45) is 0.871. The number of carbonyl (C=O) groups excluding carboxylic acids is 1. The Morgan fingerprint density at radius 3 is 3.00 bits per heavy atom. The van der Waals surface area contributed by atoms with Crippen molar-refractivity contribution >= 4 is 33.4 Å². The number of hydrogen-bond donors (Lipinski definition) is 1. The standard InChI is InChI=1S/C11H11BrClNO2/c12-9-2-1-7(5-10(9)13)11(15)14-8-3-4-16-6-8/h1-2,5,8H,3-4,6H2,(H,14,15). The van der Waals surface area contributed by atoms with Crippen LogP contribution in [-0.4, -0.2) is 25.2 Å². The van der Waals surface area contributed by atoms with E-state index in [0.717, 1.165) is 10.9 Å². The normalized spacial score (nSPS) is 19.8. The first-order valence-electron chi connectivity index (χ1n) is 5.00. The molecule has 0 spiro atoms. The Labute approximate surface area is 107 Å². The predicted molar refractivity (Wildman–Crippen MR) is 65.8 cm³/mol. The van der Waals surface area contributed by atoms with Crippen LogP contribution in [0.4, 0.5) is 0 Å². The maximum absolute atomic E-state index is 11.8. The minimum atomic E-state index is -0.107. The van der Waals surface area contributed by atoms with Crippen LogP contribution >= 0.6 is 27.5 Å². The van der Waals surface area contributed by atoms with Gasteiger partial charge < -0.3 is 10.1 Å². The van der Waals surface area contributed by atoms with Gasteiger partial charge >= 0.3 is 0 Å². The summed E-state index contributed by atoms with van der Waals surface area (Å²) in [5.74, 6) is -0.107. The molecule has 5 heteroatoms. The van der Waals surface area contributed by atoms with Crippen molar-refractivity contribution in [1.29, 1.82) is 0 Å². The molecule has 0 aliphatic carbocycles. The quantitative estimate of drug-likeness (QED) is 0.912. The summed E-state index contributed by atoms with van der Waals surface area (Å²) >= 11 is 9.21. The Hall–Kier alpha value is -0.580. The van der Waals surface area contributed by atoms with E-state index in [4.69, 9.17) is 16.3 Å². The van der Waals surface area contributed by atoms with Gasteiger partial charge in [0.25, 0.3) is 5.91 Å². The maximum Gasteiger partial charge on any atom is 0.251 e. The molecular weight excluding hydrogens is 293 g/mol. The van der Waals surface area contributed by atoms with E-state index >= 15 is 0 Å². The van der Waals surface area contributed by atoms with Crippen LogP contribution in [0.2, 0.25) is 5.02 Å². The average Bonchev–Trinajstić information content (AvgIpc) is 2.74. The average molecular weight is 305 g/mol. The van der Waals surface area contributed by atoms with Crippen molar-refractivity contribution in [1.82, 2.24) is 5.32 Å². The SMILES string of the molecule is O=C(NC1CCOC1)c1ccc(Br)c(Cl)c1. The van der Waals surface area contributed by atoms with Gasteiger partial charge in [0, 0.05) is 16.6 Å². The van der Waals surface area contributed by atoms with Crippen molar-refractivity contribution in [2.75, 3.05) is 13.2 Å². The van der Waals surface area contributed by atoms with Crippen LogP contribution < -0.4 is 5.32 Å². The van der Waals surface area contributed by atoms with Crippen LogP contribution in [0.1, 0.15) is 16.8 Å². The van der Waals surface area contributed by atoms with Crippen LogP contribution in [0.5, 0.6) is 0 Å². The highest BCUT2D eigenvalue weighted by Gasteiger charge is 2.18. The fourth-order valence-corrected chi connectivity index (χ4v) is 1.98. The van der Waals surface area contributed by atoms with E-state index in [2.05, 4.69) is 21.2 Å². The van der Waals surface area contributed by atoms with Gasteiger partial charge in [0.2, 0.25) is 0 Å². The van der Waals surface area contributed by atoms with Crippen molar-refractivity contribution in [3.8, 4) is 0 Å². The van der Waals surface area contributed by atoms with E-state index in [-0.39, 0.29) is 11.9 Å². The molecule has 1 aromatic rings. The van der Waals surface area contributed by atoms with Gasteiger partial charge in [-0.1, -0.05) is 11.6 Å². The van der Waals surface area contributed by atoms with Crippen molar-refractivity contribution in [3.05, 3.63) is 33.3 Å². The summed E-state index contributed by atoms with van der Waals surface area (Å²) in [6.45, 7) is 1.31. The zero-order chi connectivity index (χ0) is 11.5. The lowest BCUT2D eigenvalue weighted by atomic mass is 10.2. The van der Waals surface area contributed by atoms with Gasteiger partial charge in [-0.05, 0) is 40.5 Å². The molecule has 1 fully saturated rings. The van der Waals surface area contributed by atoms with Crippen LogP contribution in [0, 0.1) is 0 Å². The molecule has 1 atom stereocenters. The molecule has 1 amide bonds.